The summed E-state index contributed by atoms with van der Waals surface area (Å²) >= 11 is 1.74. The number of rotatable bonds is 7. The lowest BCUT2D eigenvalue weighted by Gasteiger charge is -2.28. The van der Waals surface area contributed by atoms with Crippen molar-refractivity contribution in [2.75, 3.05) is 57.1 Å². The van der Waals surface area contributed by atoms with E-state index in [1.54, 1.807) is 15.6 Å². The lowest BCUT2D eigenvalue weighted by atomic mass is 10.1. The van der Waals surface area contributed by atoms with E-state index in [1.807, 2.05) is 24.4 Å². The molecule has 2 saturated heterocycles. The van der Waals surface area contributed by atoms with Gasteiger partial charge in [0.1, 0.15) is 0 Å². The molecule has 12 heteroatoms. The molecule has 0 saturated carbocycles. The molecule has 4 aromatic rings. The van der Waals surface area contributed by atoms with E-state index in [0.717, 1.165) is 65.0 Å². The van der Waals surface area contributed by atoms with Gasteiger partial charge in [0.25, 0.3) is 0 Å². The summed E-state index contributed by atoms with van der Waals surface area (Å²) in [5, 5.41) is 11.8. The summed E-state index contributed by atoms with van der Waals surface area (Å²) in [6.07, 6.45) is 4.80. The van der Waals surface area contributed by atoms with Crippen LogP contribution in [-0.2, 0) is 21.2 Å². The zero-order chi connectivity index (χ0) is 24.7. The number of H-pyrrole nitrogens is 1. The van der Waals surface area contributed by atoms with Crippen molar-refractivity contribution in [3.8, 4) is 11.4 Å². The van der Waals surface area contributed by atoms with Gasteiger partial charge in [0, 0.05) is 54.6 Å². The SMILES string of the molecule is CS(=O)(=O)N1CCC(NCCc2cc3nc(-c4cccc5[nH]ncc45)nc(N4CCOCC4)c3s2)C1. The average Bonchev–Trinajstić information content (AvgIpc) is 3.62. The zero-order valence-electron chi connectivity index (χ0n) is 20.1. The van der Waals surface area contributed by atoms with Crippen molar-refractivity contribution in [1.29, 1.82) is 0 Å². The van der Waals surface area contributed by atoms with E-state index in [4.69, 9.17) is 14.7 Å². The van der Waals surface area contributed by atoms with E-state index in [9.17, 15) is 8.42 Å². The van der Waals surface area contributed by atoms with Crippen molar-refractivity contribution in [3.05, 3.63) is 35.3 Å². The highest BCUT2D eigenvalue weighted by molar-refractivity contribution is 7.88. The van der Waals surface area contributed by atoms with Gasteiger partial charge in [0.2, 0.25) is 10.0 Å². The smallest absolute Gasteiger partial charge is 0.211 e. The fourth-order valence-electron chi connectivity index (χ4n) is 4.96. The molecule has 2 fully saturated rings. The number of nitrogens with one attached hydrogen (secondary N) is 2. The molecule has 0 spiro atoms. The molecule has 36 heavy (non-hydrogen) atoms. The monoisotopic (exact) mass is 527 g/mol. The molecular formula is C24H29N7O3S2. The van der Waals surface area contributed by atoms with E-state index in [0.29, 0.717) is 32.1 Å². The molecule has 0 radical (unpaired) electrons. The molecule has 0 bridgehead atoms. The largest absolute Gasteiger partial charge is 0.378 e. The quantitative estimate of drug-likeness (QED) is 0.376. The number of fused-ring (bicyclic) bond motifs is 2. The average molecular weight is 528 g/mol. The molecule has 1 aromatic carbocycles. The highest BCUT2D eigenvalue weighted by Crippen LogP contribution is 2.36. The maximum absolute atomic E-state index is 11.8. The number of morpholine rings is 1. The van der Waals surface area contributed by atoms with Crippen LogP contribution in [0.15, 0.2) is 30.5 Å². The first-order chi connectivity index (χ1) is 17.5. The zero-order valence-corrected chi connectivity index (χ0v) is 21.7. The van der Waals surface area contributed by atoms with Gasteiger partial charge in [-0.3, -0.25) is 5.10 Å². The molecule has 1 atom stereocenters. The molecule has 190 valence electrons. The number of aromatic amines is 1. The Bertz CT molecular complexity index is 1490. The molecule has 5 heterocycles. The molecule has 0 amide bonds. The number of benzene rings is 1. The Balaban J connectivity index is 1.27. The highest BCUT2D eigenvalue weighted by Gasteiger charge is 2.28. The standard InChI is InChI=1S/C24H29N7O3S2/c1-36(32,33)31-8-6-16(15-31)25-7-5-17-13-21-22(35-17)24(30-9-11-34-12-10-30)28-23(27-21)18-3-2-4-20-19(18)14-26-29-20/h2-4,13-14,16,25H,5-12,15H2,1H3,(H,26,29). The second-order valence-corrected chi connectivity index (χ2v) is 12.5. The van der Waals surface area contributed by atoms with Crippen molar-refractivity contribution in [1.82, 2.24) is 29.8 Å². The summed E-state index contributed by atoms with van der Waals surface area (Å²) in [6, 6.07) is 8.41. The van der Waals surface area contributed by atoms with Crippen LogP contribution in [0.5, 0.6) is 0 Å². The van der Waals surface area contributed by atoms with E-state index < -0.39 is 10.0 Å². The summed E-state index contributed by atoms with van der Waals surface area (Å²) < 4.78 is 31.8. The minimum absolute atomic E-state index is 0.194. The number of hydrogen-bond acceptors (Lipinski definition) is 9. The van der Waals surface area contributed by atoms with Gasteiger partial charge in [-0.2, -0.15) is 5.10 Å². The van der Waals surface area contributed by atoms with Gasteiger partial charge in [-0.05, 0) is 25.0 Å². The molecule has 2 N–H and O–H groups in total. The minimum atomic E-state index is -3.12. The Kier molecular flexibility index (Phi) is 6.38. The third-order valence-electron chi connectivity index (χ3n) is 6.87. The second-order valence-electron chi connectivity index (χ2n) is 9.34. The number of ether oxygens (including phenoxy) is 1. The molecule has 1 unspecified atom stereocenters. The number of sulfonamides is 1. The highest BCUT2D eigenvalue weighted by atomic mass is 32.2. The van der Waals surface area contributed by atoms with Gasteiger partial charge in [-0.25, -0.2) is 22.7 Å². The van der Waals surface area contributed by atoms with Crippen molar-refractivity contribution < 1.29 is 13.2 Å². The molecule has 0 aliphatic carbocycles. The topological polar surface area (TPSA) is 116 Å². The van der Waals surface area contributed by atoms with Gasteiger partial charge in [-0.15, -0.1) is 11.3 Å². The van der Waals surface area contributed by atoms with E-state index in [1.165, 1.54) is 11.1 Å². The first kappa shape index (κ1) is 23.7. The van der Waals surface area contributed by atoms with Crippen LogP contribution in [0.4, 0.5) is 5.82 Å². The number of aromatic nitrogens is 4. The molecule has 2 aliphatic heterocycles. The lowest BCUT2D eigenvalue weighted by molar-refractivity contribution is 0.122. The third-order valence-corrected chi connectivity index (χ3v) is 9.32. The number of anilines is 1. The first-order valence-electron chi connectivity index (χ1n) is 12.2. The maximum Gasteiger partial charge on any atom is 0.211 e. The van der Waals surface area contributed by atoms with Crippen molar-refractivity contribution >= 4 is 48.3 Å². The van der Waals surface area contributed by atoms with Gasteiger partial charge in [-0.1, -0.05) is 12.1 Å². The summed E-state index contributed by atoms with van der Waals surface area (Å²) in [4.78, 5) is 13.6. The summed E-state index contributed by atoms with van der Waals surface area (Å²) in [7, 11) is -3.12. The Hall–Kier alpha value is -2.64. The number of thiophene rings is 1. The van der Waals surface area contributed by atoms with Crippen LogP contribution in [0.1, 0.15) is 11.3 Å². The lowest BCUT2D eigenvalue weighted by Crippen LogP contribution is -2.36. The fraction of sp³-hybridized carbons (Fsp3) is 0.458. The normalized spacial score (nSPS) is 19.6. The fourth-order valence-corrected chi connectivity index (χ4v) is 6.96. The van der Waals surface area contributed by atoms with Crippen molar-refractivity contribution in [2.45, 2.75) is 18.9 Å². The molecular weight excluding hydrogens is 498 g/mol. The first-order valence-corrected chi connectivity index (χ1v) is 14.9. The molecule has 2 aliphatic rings. The van der Waals surface area contributed by atoms with Crippen LogP contribution in [0.2, 0.25) is 0 Å². The Morgan fingerprint density at radius 1 is 1.22 bits per heavy atom. The van der Waals surface area contributed by atoms with Gasteiger partial charge < -0.3 is 15.0 Å². The van der Waals surface area contributed by atoms with Crippen LogP contribution in [0, 0.1) is 0 Å². The van der Waals surface area contributed by atoms with Crippen LogP contribution < -0.4 is 10.2 Å². The summed E-state index contributed by atoms with van der Waals surface area (Å²) in [6.45, 7) is 4.89. The van der Waals surface area contributed by atoms with E-state index in [-0.39, 0.29) is 6.04 Å². The van der Waals surface area contributed by atoms with Crippen LogP contribution >= 0.6 is 11.3 Å². The summed E-state index contributed by atoms with van der Waals surface area (Å²) in [5.74, 6) is 1.66. The maximum atomic E-state index is 11.8. The third kappa shape index (κ3) is 4.71. The molecule has 10 nitrogen and oxygen atoms in total. The molecule has 3 aromatic heterocycles. The van der Waals surface area contributed by atoms with Crippen molar-refractivity contribution in [2.24, 2.45) is 0 Å². The van der Waals surface area contributed by atoms with Gasteiger partial charge >= 0.3 is 0 Å². The van der Waals surface area contributed by atoms with Crippen molar-refractivity contribution in [3.63, 3.8) is 0 Å². The Morgan fingerprint density at radius 2 is 2.08 bits per heavy atom. The van der Waals surface area contributed by atoms with Crippen LogP contribution in [0.3, 0.4) is 0 Å². The van der Waals surface area contributed by atoms with Crippen LogP contribution in [0.25, 0.3) is 32.5 Å². The van der Waals surface area contributed by atoms with Crippen LogP contribution in [-0.4, -0.2) is 91.1 Å². The predicted octanol–water partition coefficient (Wildman–Crippen LogP) is 2.24. The predicted molar refractivity (Wildman–Crippen MR) is 142 cm³/mol. The van der Waals surface area contributed by atoms with E-state index in [2.05, 4.69) is 26.5 Å². The number of hydrogen-bond donors (Lipinski definition) is 2. The van der Waals surface area contributed by atoms with E-state index >= 15 is 0 Å². The van der Waals surface area contributed by atoms with Gasteiger partial charge in [0.05, 0.1) is 41.4 Å². The summed E-state index contributed by atoms with van der Waals surface area (Å²) in [5.41, 5.74) is 2.87. The minimum Gasteiger partial charge on any atom is -0.378 e. The number of nitrogens with zero attached hydrogens (tertiary/aromatic N) is 5. The molecule has 6 rings (SSSR count). The van der Waals surface area contributed by atoms with Gasteiger partial charge in [0.15, 0.2) is 11.6 Å². The Morgan fingerprint density at radius 3 is 2.89 bits per heavy atom. The second kappa shape index (κ2) is 9.67. The Labute approximate surface area is 213 Å².